The lowest BCUT2D eigenvalue weighted by Gasteiger charge is -2.24. The molecule has 0 saturated carbocycles. The third kappa shape index (κ3) is 4.72. The Labute approximate surface area is 208 Å². The van der Waals surface area contributed by atoms with E-state index in [2.05, 4.69) is 43.5 Å². The van der Waals surface area contributed by atoms with Crippen LogP contribution in [0.3, 0.4) is 0 Å². The van der Waals surface area contributed by atoms with Crippen molar-refractivity contribution in [2.24, 2.45) is 5.92 Å². The number of benzene rings is 2. The van der Waals surface area contributed by atoms with E-state index in [4.69, 9.17) is 20.4 Å². The number of nitrogens with two attached hydrogens (primary N) is 1. The minimum atomic E-state index is -0.361. The van der Waals surface area contributed by atoms with Crippen LogP contribution in [0.15, 0.2) is 60.0 Å². The van der Waals surface area contributed by atoms with E-state index < -0.39 is 0 Å². The molecular formula is C26H28N6O2S. The van der Waals surface area contributed by atoms with Gasteiger partial charge in [-0.15, -0.1) is 11.3 Å². The topological polar surface area (TPSA) is 105 Å². The molecule has 35 heavy (non-hydrogen) atoms. The first-order chi connectivity index (χ1) is 16.9. The smallest absolute Gasteiger partial charge is 0.415 e. The summed E-state index contributed by atoms with van der Waals surface area (Å²) in [4.78, 5) is 23.8. The highest BCUT2D eigenvalue weighted by Gasteiger charge is 2.38. The molecule has 0 aliphatic carbocycles. The van der Waals surface area contributed by atoms with Crippen LogP contribution in [0.25, 0.3) is 10.2 Å². The zero-order valence-electron chi connectivity index (χ0n) is 19.9. The third-order valence-electron chi connectivity index (χ3n) is 6.14. The van der Waals surface area contributed by atoms with Gasteiger partial charge in [0.25, 0.3) is 0 Å². The molecule has 2 atom stereocenters. The number of hydrogen-bond acceptors (Lipinski definition) is 8. The predicted octanol–water partition coefficient (Wildman–Crippen LogP) is 6.17. The number of carbonyl (C=O) groups is 1. The van der Waals surface area contributed by atoms with Crippen molar-refractivity contribution in [3.8, 4) is 0 Å². The summed E-state index contributed by atoms with van der Waals surface area (Å²) in [5.41, 5.74) is 10.3. The van der Waals surface area contributed by atoms with Crippen molar-refractivity contribution in [3.63, 3.8) is 0 Å². The molecule has 1 aliphatic heterocycles. The van der Waals surface area contributed by atoms with Gasteiger partial charge in [-0.05, 0) is 66.2 Å². The number of nitrogen functional groups attached to an aromatic ring is 1. The molecule has 1 aliphatic rings. The number of nitrogens with one attached hydrogen (secondary N) is 2. The van der Waals surface area contributed by atoms with Crippen LogP contribution in [0.4, 0.5) is 33.6 Å². The molecule has 8 nitrogen and oxygen atoms in total. The van der Waals surface area contributed by atoms with E-state index in [9.17, 15) is 4.79 Å². The SMILES string of the molecule is CC(C)C1COC(=O)N1c1nc(N[C@@H](C)c2ccc(Nc3ccc(N)cc3)cc2)nc2ccsc12. The lowest BCUT2D eigenvalue weighted by Crippen LogP contribution is -2.38. The van der Waals surface area contributed by atoms with Crippen LogP contribution in [-0.2, 0) is 4.74 Å². The molecule has 1 unspecified atom stereocenters. The number of amides is 1. The van der Waals surface area contributed by atoms with Gasteiger partial charge in [0.1, 0.15) is 6.61 Å². The van der Waals surface area contributed by atoms with Crippen molar-refractivity contribution < 1.29 is 9.53 Å². The highest BCUT2D eigenvalue weighted by molar-refractivity contribution is 7.17. The fourth-order valence-corrected chi connectivity index (χ4v) is 4.93. The van der Waals surface area contributed by atoms with Gasteiger partial charge >= 0.3 is 6.09 Å². The van der Waals surface area contributed by atoms with E-state index in [1.54, 1.807) is 4.90 Å². The number of anilines is 5. The Morgan fingerprint density at radius 3 is 2.40 bits per heavy atom. The standard InChI is InChI=1S/C26H28N6O2S/c1-15(2)22-14-34-26(33)32(22)24-23-21(12-13-35-23)30-25(31-24)28-16(3)17-4-8-19(9-5-17)29-20-10-6-18(27)7-11-20/h4-13,15-16,22,29H,14,27H2,1-3H3,(H,28,30,31)/t16-,22?/m0/s1. The maximum atomic E-state index is 12.6. The minimum Gasteiger partial charge on any atom is -0.447 e. The summed E-state index contributed by atoms with van der Waals surface area (Å²) in [7, 11) is 0. The quantitative estimate of drug-likeness (QED) is 0.267. The molecule has 9 heteroatoms. The number of fused-ring (bicyclic) bond motifs is 1. The number of thiophene rings is 1. The molecule has 4 N–H and O–H groups in total. The average Bonchev–Trinajstić information content (AvgIpc) is 3.47. The molecule has 5 rings (SSSR count). The van der Waals surface area contributed by atoms with Crippen molar-refractivity contribution >= 4 is 56.5 Å². The van der Waals surface area contributed by atoms with Gasteiger partial charge in [-0.3, -0.25) is 4.90 Å². The predicted molar refractivity (Wildman–Crippen MR) is 142 cm³/mol. The first kappa shape index (κ1) is 22.9. The zero-order valence-corrected chi connectivity index (χ0v) is 20.7. The summed E-state index contributed by atoms with van der Waals surface area (Å²) < 4.78 is 6.25. The molecule has 0 bridgehead atoms. The van der Waals surface area contributed by atoms with Crippen molar-refractivity contribution in [2.45, 2.75) is 32.9 Å². The zero-order chi connectivity index (χ0) is 24.5. The number of cyclic esters (lactones) is 1. The molecule has 1 saturated heterocycles. The second kappa shape index (κ2) is 9.42. The van der Waals surface area contributed by atoms with Gasteiger partial charge in [-0.2, -0.15) is 4.98 Å². The molecule has 1 fully saturated rings. The van der Waals surface area contributed by atoms with Crippen LogP contribution in [0.2, 0.25) is 0 Å². The largest absolute Gasteiger partial charge is 0.447 e. The Morgan fingerprint density at radius 1 is 1.03 bits per heavy atom. The fraction of sp³-hybridized carbons (Fsp3) is 0.269. The molecule has 180 valence electrons. The Hall–Kier alpha value is -3.85. The van der Waals surface area contributed by atoms with E-state index >= 15 is 0 Å². The summed E-state index contributed by atoms with van der Waals surface area (Å²) in [6, 6.07) is 17.7. The average molecular weight is 489 g/mol. The fourth-order valence-electron chi connectivity index (χ4n) is 4.11. The molecule has 2 aromatic carbocycles. The normalized spacial score (nSPS) is 16.5. The molecule has 0 radical (unpaired) electrons. The number of aromatic nitrogens is 2. The van der Waals surface area contributed by atoms with Crippen LogP contribution >= 0.6 is 11.3 Å². The highest BCUT2D eigenvalue weighted by atomic mass is 32.1. The summed E-state index contributed by atoms with van der Waals surface area (Å²) in [6.07, 6.45) is -0.361. The monoisotopic (exact) mass is 488 g/mol. The van der Waals surface area contributed by atoms with E-state index in [0.29, 0.717) is 18.4 Å². The van der Waals surface area contributed by atoms with E-state index in [1.807, 2.05) is 47.8 Å². The second-order valence-electron chi connectivity index (χ2n) is 9.00. The van der Waals surface area contributed by atoms with Crippen LogP contribution < -0.4 is 21.3 Å². The Morgan fingerprint density at radius 2 is 1.71 bits per heavy atom. The number of carbonyl (C=O) groups excluding carboxylic acids is 1. The number of hydrogen-bond donors (Lipinski definition) is 3. The van der Waals surface area contributed by atoms with Crippen molar-refractivity contribution in [3.05, 3.63) is 65.5 Å². The Balaban J connectivity index is 1.36. The van der Waals surface area contributed by atoms with E-state index in [-0.39, 0.29) is 24.1 Å². The van der Waals surface area contributed by atoms with Gasteiger partial charge in [-0.25, -0.2) is 9.78 Å². The molecule has 0 spiro atoms. The van der Waals surface area contributed by atoms with Crippen molar-refractivity contribution in [1.29, 1.82) is 0 Å². The van der Waals surface area contributed by atoms with Crippen LogP contribution in [0, 0.1) is 5.92 Å². The van der Waals surface area contributed by atoms with E-state index in [1.165, 1.54) is 11.3 Å². The van der Waals surface area contributed by atoms with Gasteiger partial charge in [0.05, 0.1) is 22.3 Å². The second-order valence-corrected chi connectivity index (χ2v) is 9.92. The minimum absolute atomic E-state index is 0.0454. The molecule has 3 heterocycles. The first-order valence-electron chi connectivity index (χ1n) is 11.6. The van der Waals surface area contributed by atoms with Gasteiger partial charge in [-0.1, -0.05) is 26.0 Å². The van der Waals surface area contributed by atoms with E-state index in [0.717, 1.165) is 32.8 Å². The van der Waals surface area contributed by atoms with Gasteiger partial charge in [0.2, 0.25) is 5.95 Å². The lowest BCUT2D eigenvalue weighted by atomic mass is 10.0. The van der Waals surface area contributed by atoms with Crippen LogP contribution in [-0.4, -0.2) is 28.7 Å². The lowest BCUT2D eigenvalue weighted by molar-refractivity contribution is 0.177. The molecule has 1 amide bonds. The summed E-state index contributed by atoms with van der Waals surface area (Å²) in [6.45, 7) is 6.59. The van der Waals surface area contributed by atoms with Gasteiger partial charge in [0, 0.05) is 17.1 Å². The summed E-state index contributed by atoms with van der Waals surface area (Å²) >= 11 is 1.53. The maximum Gasteiger partial charge on any atom is 0.415 e. The third-order valence-corrected chi connectivity index (χ3v) is 7.04. The number of rotatable bonds is 7. The van der Waals surface area contributed by atoms with Crippen LogP contribution in [0.1, 0.15) is 32.4 Å². The van der Waals surface area contributed by atoms with Gasteiger partial charge < -0.3 is 21.1 Å². The maximum absolute atomic E-state index is 12.6. The highest BCUT2D eigenvalue weighted by Crippen LogP contribution is 2.35. The van der Waals surface area contributed by atoms with Crippen LogP contribution in [0.5, 0.6) is 0 Å². The first-order valence-corrected chi connectivity index (χ1v) is 12.5. The number of nitrogens with zero attached hydrogens (tertiary/aromatic N) is 3. The molecule has 4 aromatic rings. The Kier molecular flexibility index (Phi) is 6.17. The Bertz CT molecular complexity index is 1340. The summed E-state index contributed by atoms with van der Waals surface area (Å²) in [5.74, 6) is 1.32. The summed E-state index contributed by atoms with van der Waals surface area (Å²) in [5, 5.41) is 8.75. The molecular weight excluding hydrogens is 460 g/mol. The van der Waals surface area contributed by atoms with Crippen molar-refractivity contribution in [1.82, 2.24) is 9.97 Å². The van der Waals surface area contributed by atoms with Gasteiger partial charge in [0.15, 0.2) is 5.82 Å². The molecule has 2 aromatic heterocycles. The number of ether oxygens (including phenoxy) is 1. The van der Waals surface area contributed by atoms with Crippen molar-refractivity contribution in [2.75, 3.05) is 27.9 Å².